The molecule has 0 amide bonds. The minimum absolute atomic E-state index is 0.122. The Morgan fingerprint density at radius 1 is 1.35 bits per heavy atom. The number of nitrogens with zero attached hydrogens (tertiary/aromatic N) is 3. The zero-order valence-corrected chi connectivity index (χ0v) is 11.1. The predicted molar refractivity (Wildman–Crippen MR) is 65.7 cm³/mol. The van der Waals surface area contributed by atoms with Crippen LogP contribution in [0.4, 0.5) is 0 Å². The average molecular weight is 239 g/mol. The van der Waals surface area contributed by atoms with Crippen LogP contribution < -0.4 is 0 Å². The predicted octanol–water partition coefficient (Wildman–Crippen LogP) is 1.80. The van der Waals surface area contributed by atoms with Crippen LogP contribution in [-0.2, 0) is 22.6 Å². The van der Waals surface area contributed by atoms with Crippen molar-refractivity contribution in [2.24, 2.45) is 0 Å². The molecule has 0 aromatic carbocycles. The van der Waals surface area contributed by atoms with Gasteiger partial charge in [-0.25, -0.2) is 0 Å². The highest BCUT2D eigenvalue weighted by Crippen LogP contribution is 1.98. The first-order valence-corrected chi connectivity index (χ1v) is 6.02. The molecule has 0 radical (unpaired) electrons. The fourth-order valence-electron chi connectivity index (χ4n) is 1.13. The van der Waals surface area contributed by atoms with E-state index in [1.165, 1.54) is 0 Å². The minimum atomic E-state index is 0.122. The third-order valence-corrected chi connectivity index (χ3v) is 2.05. The van der Waals surface area contributed by atoms with E-state index >= 15 is 0 Å². The molecule has 0 saturated heterocycles. The molecule has 0 aliphatic heterocycles. The van der Waals surface area contributed by atoms with Crippen molar-refractivity contribution in [1.29, 1.82) is 0 Å². The van der Waals surface area contributed by atoms with Crippen molar-refractivity contribution in [2.75, 3.05) is 0 Å². The Balaban J connectivity index is 0.00000121. The summed E-state index contributed by atoms with van der Waals surface area (Å²) in [5.74, 6) is 0.269. The molecule has 1 rings (SSSR count). The number of carbonyl (C=O) groups excluding carboxylic acids is 2. The van der Waals surface area contributed by atoms with Crippen LogP contribution in [0.3, 0.4) is 0 Å². The van der Waals surface area contributed by atoms with Gasteiger partial charge in [-0.15, -0.1) is 5.10 Å². The number of aryl methyl sites for hydroxylation is 1. The lowest BCUT2D eigenvalue weighted by Gasteiger charge is -1.95. The van der Waals surface area contributed by atoms with Crippen molar-refractivity contribution in [3.05, 3.63) is 11.9 Å². The largest absolute Gasteiger partial charge is 0.300 e. The lowest BCUT2D eigenvalue weighted by atomic mass is 10.2. The van der Waals surface area contributed by atoms with Gasteiger partial charge < -0.3 is 0 Å². The summed E-state index contributed by atoms with van der Waals surface area (Å²) in [4.78, 5) is 21.9. The van der Waals surface area contributed by atoms with E-state index in [9.17, 15) is 9.59 Å². The molecule has 0 aliphatic carbocycles. The van der Waals surface area contributed by atoms with Gasteiger partial charge in [0.25, 0.3) is 0 Å². The standard InChI is InChI=1S/C10H15N3O2.C2H6/c1-3-10(15)6-9-7-13(12-11-9)5-4-8(2)14;1-2/h7H,3-6H2,1-2H3;1-2H3. The Labute approximate surface area is 102 Å². The normalized spacial score (nSPS) is 9.41. The van der Waals surface area contributed by atoms with E-state index in [4.69, 9.17) is 0 Å². The third-order valence-electron chi connectivity index (χ3n) is 2.05. The molecule has 1 aromatic heterocycles. The molecule has 17 heavy (non-hydrogen) atoms. The summed E-state index contributed by atoms with van der Waals surface area (Å²) >= 11 is 0. The number of hydrogen-bond acceptors (Lipinski definition) is 4. The molecule has 0 spiro atoms. The maximum absolute atomic E-state index is 11.1. The van der Waals surface area contributed by atoms with Gasteiger partial charge in [-0.05, 0) is 6.92 Å². The lowest BCUT2D eigenvalue weighted by Crippen LogP contribution is -2.03. The number of Topliss-reactive ketones (excluding diaryl/α,β-unsaturated/α-hetero) is 2. The molecule has 0 saturated carbocycles. The van der Waals surface area contributed by atoms with Crippen LogP contribution in [0.1, 0.15) is 46.2 Å². The van der Waals surface area contributed by atoms with Gasteiger partial charge in [0.1, 0.15) is 11.6 Å². The zero-order chi connectivity index (χ0) is 13.3. The van der Waals surface area contributed by atoms with Crippen LogP contribution in [-0.4, -0.2) is 26.6 Å². The van der Waals surface area contributed by atoms with Crippen LogP contribution in [0.2, 0.25) is 0 Å². The summed E-state index contributed by atoms with van der Waals surface area (Å²) in [6, 6.07) is 0. The van der Waals surface area contributed by atoms with Crippen molar-refractivity contribution in [3.8, 4) is 0 Å². The molecule has 5 heteroatoms. The second kappa shape index (κ2) is 8.61. The summed E-state index contributed by atoms with van der Waals surface area (Å²) < 4.78 is 1.60. The van der Waals surface area contributed by atoms with Gasteiger partial charge in [-0.2, -0.15) is 0 Å². The quantitative estimate of drug-likeness (QED) is 0.759. The monoisotopic (exact) mass is 239 g/mol. The Morgan fingerprint density at radius 3 is 2.53 bits per heavy atom. The molecule has 1 aromatic rings. The van der Waals surface area contributed by atoms with Gasteiger partial charge in [0.05, 0.1) is 12.1 Å². The summed E-state index contributed by atoms with van der Waals surface area (Å²) in [6.07, 6.45) is 3.01. The molecular weight excluding hydrogens is 218 g/mol. The maximum Gasteiger partial charge on any atom is 0.138 e. The van der Waals surface area contributed by atoms with Gasteiger partial charge in [0, 0.05) is 25.6 Å². The Morgan fingerprint density at radius 2 is 2.00 bits per heavy atom. The summed E-state index contributed by atoms with van der Waals surface area (Å²) in [6.45, 7) is 7.89. The topological polar surface area (TPSA) is 64.8 Å². The second-order valence-electron chi connectivity index (χ2n) is 3.49. The van der Waals surface area contributed by atoms with Crippen LogP contribution in [0.25, 0.3) is 0 Å². The number of hydrogen-bond donors (Lipinski definition) is 0. The fourth-order valence-corrected chi connectivity index (χ4v) is 1.13. The number of carbonyl (C=O) groups is 2. The molecule has 1 heterocycles. The van der Waals surface area contributed by atoms with E-state index in [1.54, 1.807) is 17.8 Å². The SMILES string of the molecule is CC.CCC(=O)Cc1cn(CCC(C)=O)nn1. The highest BCUT2D eigenvalue weighted by molar-refractivity contribution is 5.80. The van der Waals surface area contributed by atoms with E-state index in [1.807, 2.05) is 20.8 Å². The molecule has 5 nitrogen and oxygen atoms in total. The molecule has 0 bridgehead atoms. The molecule has 0 aliphatic rings. The van der Waals surface area contributed by atoms with Crippen LogP contribution in [0.5, 0.6) is 0 Å². The van der Waals surface area contributed by atoms with Gasteiger partial charge in [0.15, 0.2) is 0 Å². The van der Waals surface area contributed by atoms with Crippen LogP contribution >= 0.6 is 0 Å². The highest BCUT2D eigenvalue weighted by Gasteiger charge is 2.05. The first-order valence-electron chi connectivity index (χ1n) is 6.02. The van der Waals surface area contributed by atoms with E-state index in [0.29, 0.717) is 31.5 Å². The first-order chi connectivity index (χ1) is 8.11. The Bertz CT molecular complexity index is 358. The lowest BCUT2D eigenvalue weighted by molar-refractivity contribution is -0.118. The van der Waals surface area contributed by atoms with E-state index in [0.717, 1.165) is 0 Å². The van der Waals surface area contributed by atoms with Gasteiger partial charge >= 0.3 is 0 Å². The summed E-state index contributed by atoms with van der Waals surface area (Å²) in [5.41, 5.74) is 0.672. The van der Waals surface area contributed by atoms with Gasteiger partial charge in [0.2, 0.25) is 0 Å². The van der Waals surface area contributed by atoms with E-state index in [-0.39, 0.29) is 11.6 Å². The molecule has 96 valence electrons. The van der Waals surface area contributed by atoms with Gasteiger partial charge in [-0.3, -0.25) is 14.3 Å². The maximum atomic E-state index is 11.1. The molecular formula is C12H21N3O2. The molecule has 0 atom stereocenters. The number of ketones is 2. The van der Waals surface area contributed by atoms with E-state index in [2.05, 4.69) is 10.3 Å². The number of aromatic nitrogens is 3. The Hall–Kier alpha value is -1.52. The van der Waals surface area contributed by atoms with Crippen LogP contribution in [0, 0.1) is 0 Å². The fraction of sp³-hybridized carbons (Fsp3) is 0.667. The smallest absolute Gasteiger partial charge is 0.138 e. The summed E-state index contributed by atoms with van der Waals surface area (Å²) in [7, 11) is 0. The number of rotatable bonds is 6. The summed E-state index contributed by atoms with van der Waals surface area (Å²) in [5, 5.41) is 7.70. The van der Waals surface area contributed by atoms with Gasteiger partial charge in [-0.1, -0.05) is 26.0 Å². The molecule has 0 fully saturated rings. The van der Waals surface area contributed by atoms with Crippen molar-refractivity contribution >= 4 is 11.6 Å². The van der Waals surface area contributed by atoms with Crippen molar-refractivity contribution in [1.82, 2.24) is 15.0 Å². The first kappa shape index (κ1) is 15.5. The second-order valence-corrected chi connectivity index (χ2v) is 3.49. The van der Waals surface area contributed by atoms with Crippen molar-refractivity contribution in [3.63, 3.8) is 0 Å². The molecule has 0 N–H and O–H groups in total. The van der Waals surface area contributed by atoms with Crippen LogP contribution in [0.15, 0.2) is 6.20 Å². The molecule has 0 unspecified atom stereocenters. The zero-order valence-electron chi connectivity index (χ0n) is 11.1. The van der Waals surface area contributed by atoms with Crippen molar-refractivity contribution in [2.45, 2.75) is 53.5 Å². The minimum Gasteiger partial charge on any atom is -0.300 e. The average Bonchev–Trinajstić information content (AvgIpc) is 2.76. The highest BCUT2D eigenvalue weighted by atomic mass is 16.1. The van der Waals surface area contributed by atoms with E-state index < -0.39 is 0 Å². The van der Waals surface area contributed by atoms with Crippen molar-refractivity contribution < 1.29 is 9.59 Å². The third kappa shape index (κ3) is 6.60. The Kier molecular flexibility index (Phi) is 7.84.